The quantitative estimate of drug-likeness (QED) is 0.791. The Hall–Kier alpha value is -1.58. The Kier molecular flexibility index (Phi) is 5.59. The molecule has 1 saturated heterocycles. The van der Waals surface area contributed by atoms with Crippen LogP contribution in [0.4, 0.5) is 0 Å². The summed E-state index contributed by atoms with van der Waals surface area (Å²) < 4.78 is 0. The number of pyridine rings is 1. The van der Waals surface area contributed by atoms with Gasteiger partial charge in [-0.1, -0.05) is 18.7 Å². The fourth-order valence-electron chi connectivity index (χ4n) is 2.32. The molecule has 112 valence electrons. The number of rotatable bonds is 4. The molecule has 0 spiro atoms. The maximum Gasteiger partial charge on any atom is 0.235 e. The van der Waals surface area contributed by atoms with Gasteiger partial charge in [-0.05, 0) is 25.6 Å². The van der Waals surface area contributed by atoms with Crippen LogP contribution >= 0.6 is 11.8 Å². The van der Waals surface area contributed by atoms with Crippen LogP contribution in [0, 0.1) is 11.3 Å². The largest absolute Gasteiger partial charge is 0.339 e. The number of nitrogens with zero attached hydrogens (tertiary/aromatic N) is 4. The molecule has 1 aliphatic heterocycles. The van der Waals surface area contributed by atoms with Gasteiger partial charge in [0.15, 0.2) is 0 Å². The highest BCUT2D eigenvalue weighted by atomic mass is 32.2. The molecule has 1 amide bonds. The molecule has 6 heteroatoms. The minimum Gasteiger partial charge on any atom is -0.339 e. The highest BCUT2D eigenvalue weighted by Gasteiger charge is 2.25. The number of piperazine rings is 1. The molecule has 0 radical (unpaired) electrons. The van der Waals surface area contributed by atoms with E-state index in [2.05, 4.69) is 22.9 Å². The number of amides is 1. The van der Waals surface area contributed by atoms with E-state index in [0.717, 1.165) is 37.7 Å². The Morgan fingerprint density at radius 3 is 2.81 bits per heavy atom. The van der Waals surface area contributed by atoms with Gasteiger partial charge in [-0.3, -0.25) is 4.79 Å². The van der Waals surface area contributed by atoms with E-state index in [1.54, 1.807) is 18.3 Å². The van der Waals surface area contributed by atoms with Gasteiger partial charge in [0.25, 0.3) is 0 Å². The van der Waals surface area contributed by atoms with Crippen molar-refractivity contribution < 1.29 is 4.79 Å². The van der Waals surface area contributed by atoms with Gasteiger partial charge in [-0.2, -0.15) is 5.26 Å². The number of hydrogen-bond acceptors (Lipinski definition) is 5. The molecule has 0 N–H and O–H groups in total. The Morgan fingerprint density at radius 1 is 1.48 bits per heavy atom. The molecule has 2 heterocycles. The lowest BCUT2D eigenvalue weighted by molar-refractivity contribution is -0.132. The number of nitriles is 1. The monoisotopic (exact) mass is 304 g/mol. The van der Waals surface area contributed by atoms with Crippen LogP contribution in [0.25, 0.3) is 0 Å². The smallest absolute Gasteiger partial charge is 0.235 e. The van der Waals surface area contributed by atoms with E-state index in [4.69, 9.17) is 5.26 Å². The molecule has 2 rings (SSSR count). The minimum atomic E-state index is -0.181. The molecular formula is C15H20N4OS. The van der Waals surface area contributed by atoms with Crippen molar-refractivity contribution in [2.75, 3.05) is 32.7 Å². The average molecular weight is 304 g/mol. The van der Waals surface area contributed by atoms with Crippen LogP contribution in [-0.2, 0) is 4.79 Å². The Bertz CT molecular complexity index is 535. The van der Waals surface area contributed by atoms with Gasteiger partial charge in [0.1, 0.15) is 0 Å². The van der Waals surface area contributed by atoms with Crippen molar-refractivity contribution in [2.24, 2.45) is 0 Å². The second-order valence-corrected chi connectivity index (χ2v) is 6.38. The predicted octanol–water partition coefficient (Wildman–Crippen LogP) is 1.60. The zero-order valence-electron chi connectivity index (χ0n) is 12.5. The van der Waals surface area contributed by atoms with Crippen molar-refractivity contribution in [3.8, 4) is 6.07 Å². The fraction of sp³-hybridized carbons (Fsp3) is 0.533. The standard InChI is InChI=1S/C15H20N4OS/c1-3-18-6-8-19(9-7-18)15(20)12(2)21-14-10-13(11-16)4-5-17-14/h4-5,10,12H,3,6-9H2,1-2H3/t12-/m1/s1. The first-order valence-electron chi connectivity index (χ1n) is 7.18. The van der Waals surface area contributed by atoms with Gasteiger partial charge in [0, 0.05) is 32.4 Å². The van der Waals surface area contributed by atoms with E-state index >= 15 is 0 Å². The molecule has 1 fully saturated rings. The molecule has 0 unspecified atom stereocenters. The number of carbonyl (C=O) groups is 1. The van der Waals surface area contributed by atoms with E-state index in [9.17, 15) is 4.79 Å². The lowest BCUT2D eigenvalue weighted by Gasteiger charge is -2.35. The van der Waals surface area contributed by atoms with E-state index in [-0.39, 0.29) is 11.2 Å². The normalized spacial score (nSPS) is 17.3. The number of aromatic nitrogens is 1. The van der Waals surface area contributed by atoms with Crippen molar-refractivity contribution in [2.45, 2.75) is 24.1 Å². The van der Waals surface area contributed by atoms with Crippen LogP contribution in [0.5, 0.6) is 0 Å². The van der Waals surface area contributed by atoms with Crippen LogP contribution in [0.15, 0.2) is 23.4 Å². The van der Waals surface area contributed by atoms with Crippen molar-refractivity contribution in [3.05, 3.63) is 23.9 Å². The third-order valence-corrected chi connectivity index (χ3v) is 4.66. The Balaban J connectivity index is 1.92. The second kappa shape index (κ2) is 7.43. The molecule has 0 saturated carbocycles. The highest BCUT2D eigenvalue weighted by molar-refractivity contribution is 8.00. The van der Waals surface area contributed by atoms with Crippen molar-refractivity contribution in [1.82, 2.24) is 14.8 Å². The molecule has 0 aliphatic carbocycles. The number of carbonyl (C=O) groups excluding carboxylic acids is 1. The molecular weight excluding hydrogens is 284 g/mol. The molecule has 0 aromatic carbocycles. The molecule has 1 aromatic rings. The van der Waals surface area contributed by atoms with Crippen LogP contribution in [0.2, 0.25) is 0 Å². The van der Waals surface area contributed by atoms with Gasteiger partial charge in [-0.25, -0.2) is 4.98 Å². The van der Waals surface area contributed by atoms with Gasteiger partial charge in [0.2, 0.25) is 5.91 Å². The first-order chi connectivity index (χ1) is 10.1. The summed E-state index contributed by atoms with van der Waals surface area (Å²) in [6, 6.07) is 5.48. The van der Waals surface area contributed by atoms with E-state index in [0.29, 0.717) is 5.56 Å². The van der Waals surface area contributed by atoms with Gasteiger partial charge in [0.05, 0.1) is 21.9 Å². The molecule has 5 nitrogen and oxygen atoms in total. The summed E-state index contributed by atoms with van der Waals surface area (Å²) in [4.78, 5) is 20.9. The summed E-state index contributed by atoms with van der Waals surface area (Å²) >= 11 is 1.41. The molecule has 1 aromatic heterocycles. The Labute approximate surface area is 129 Å². The first-order valence-corrected chi connectivity index (χ1v) is 8.06. The van der Waals surface area contributed by atoms with Crippen molar-refractivity contribution in [1.29, 1.82) is 5.26 Å². The summed E-state index contributed by atoms with van der Waals surface area (Å²) in [5.74, 6) is 0.153. The van der Waals surface area contributed by atoms with Crippen LogP contribution < -0.4 is 0 Å². The number of likely N-dealkylation sites (N-methyl/N-ethyl adjacent to an activating group) is 1. The predicted molar refractivity (Wildman–Crippen MR) is 83.0 cm³/mol. The van der Waals surface area contributed by atoms with Crippen molar-refractivity contribution >= 4 is 17.7 Å². The third-order valence-electron chi connectivity index (χ3n) is 3.64. The van der Waals surface area contributed by atoms with Gasteiger partial charge >= 0.3 is 0 Å². The van der Waals surface area contributed by atoms with Gasteiger partial charge < -0.3 is 9.80 Å². The molecule has 21 heavy (non-hydrogen) atoms. The third kappa shape index (κ3) is 4.19. The van der Waals surface area contributed by atoms with E-state index < -0.39 is 0 Å². The molecule has 1 aliphatic rings. The van der Waals surface area contributed by atoms with Crippen LogP contribution in [0.3, 0.4) is 0 Å². The van der Waals surface area contributed by atoms with Crippen LogP contribution in [0.1, 0.15) is 19.4 Å². The number of thioether (sulfide) groups is 1. The SMILES string of the molecule is CCN1CCN(C(=O)[C@@H](C)Sc2cc(C#N)ccn2)CC1. The Morgan fingerprint density at radius 2 is 2.19 bits per heavy atom. The molecule has 1 atom stereocenters. The maximum atomic E-state index is 12.4. The van der Waals surface area contributed by atoms with Crippen LogP contribution in [-0.4, -0.2) is 58.7 Å². The topological polar surface area (TPSA) is 60.2 Å². The highest BCUT2D eigenvalue weighted by Crippen LogP contribution is 2.23. The summed E-state index contributed by atoms with van der Waals surface area (Å²) in [5.41, 5.74) is 0.573. The summed E-state index contributed by atoms with van der Waals surface area (Å²) in [7, 11) is 0. The summed E-state index contributed by atoms with van der Waals surface area (Å²) in [6.45, 7) is 8.57. The molecule has 0 bridgehead atoms. The van der Waals surface area contributed by atoms with Gasteiger partial charge in [-0.15, -0.1) is 0 Å². The zero-order chi connectivity index (χ0) is 15.2. The minimum absolute atomic E-state index is 0.153. The number of hydrogen-bond donors (Lipinski definition) is 0. The second-order valence-electron chi connectivity index (χ2n) is 5.01. The van der Waals surface area contributed by atoms with Crippen molar-refractivity contribution in [3.63, 3.8) is 0 Å². The summed E-state index contributed by atoms with van der Waals surface area (Å²) in [5, 5.41) is 9.43. The lowest BCUT2D eigenvalue weighted by Crippen LogP contribution is -2.50. The first kappa shape index (κ1) is 15.8. The fourth-order valence-corrected chi connectivity index (χ4v) is 3.25. The van der Waals surface area contributed by atoms with E-state index in [1.165, 1.54) is 11.8 Å². The van der Waals surface area contributed by atoms with E-state index in [1.807, 2.05) is 11.8 Å². The average Bonchev–Trinajstić information content (AvgIpc) is 2.54. The maximum absolute atomic E-state index is 12.4. The lowest BCUT2D eigenvalue weighted by atomic mass is 10.3. The zero-order valence-corrected chi connectivity index (χ0v) is 13.3. The summed E-state index contributed by atoms with van der Waals surface area (Å²) in [6.07, 6.45) is 1.61.